The summed E-state index contributed by atoms with van der Waals surface area (Å²) in [5.74, 6) is -0.237. The molecule has 0 amide bonds. The first-order chi connectivity index (χ1) is 20.6. The summed E-state index contributed by atoms with van der Waals surface area (Å²) >= 11 is 0. The summed E-state index contributed by atoms with van der Waals surface area (Å²) in [6.07, 6.45) is 0.288. The number of rotatable bonds is 5. The lowest BCUT2D eigenvalue weighted by Gasteiger charge is -2.58. The van der Waals surface area contributed by atoms with Gasteiger partial charge in [0.15, 0.2) is 6.29 Å². The van der Waals surface area contributed by atoms with Gasteiger partial charge in [0, 0.05) is 44.8 Å². The Labute approximate surface area is 274 Å². The van der Waals surface area contributed by atoms with E-state index in [-0.39, 0.29) is 69.7 Å². The van der Waals surface area contributed by atoms with Crippen molar-refractivity contribution in [2.75, 3.05) is 13.2 Å². The van der Waals surface area contributed by atoms with Crippen LogP contribution in [0.5, 0.6) is 0 Å². The number of ether oxygens (including phenoxy) is 3. The fourth-order valence-corrected chi connectivity index (χ4v) is 19.5. The standard InChI is InChI=1S/C34H62O9Si2/c1-14-20(2)28-22(35)15-23-26(39-28)19-38-45(43-23,33(9,10)11)34(12,13)17-21-29-25(41-30(21)36)16-24-27(40-29)18-37-44(42-24,31(3,4)5)32(6,7)8/h14,20-30,35-36H,1,15-19H2,2-13H3/t20-,21+,22-,23+,24+,25-,26+,27+,28-,29-,30?,45?/m0/s1. The Morgan fingerprint density at radius 3 is 1.78 bits per heavy atom. The van der Waals surface area contributed by atoms with Gasteiger partial charge in [-0.15, -0.1) is 6.58 Å². The molecule has 5 saturated heterocycles. The maximum absolute atomic E-state index is 11.4. The summed E-state index contributed by atoms with van der Waals surface area (Å²) in [5, 5.41) is 21.5. The molecule has 0 aromatic rings. The molecular formula is C34H62O9Si2. The molecule has 12 atom stereocenters. The molecule has 0 aliphatic carbocycles. The van der Waals surface area contributed by atoms with E-state index in [0.717, 1.165) is 0 Å². The van der Waals surface area contributed by atoms with Crippen molar-refractivity contribution in [3.63, 3.8) is 0 Å². The average molecular weight is 671 g/mol. The highest BCUT2D eigenvalue weighted by Crippen LogP contribution is 2.60. The van der Waals surface area contributed by atoms with Crippen molar-refractivity contribution in [3.05, 3.63) is 12.7 Å². The van der Waals surface area contributed by atoms with Gasteiger partial charge in [0.05, 0.1) is 49.8 Å². The van der Waals surface area contributed by atoms with Crippen molar-refractivity contribution in [1.82, 2.24) is 0 Å². The van der Waals surface area contributed by atoms with Gasteiger partial charge in [-0.3, -0.25) is 0 Å². The van der Waals surface area contributed by atoms with Gasteiger partial charge in [-0.1, -0.05) is 89.2 Å². The molecule has 9 nitrogen and oxygen atoms in total. The van der Waals surface area contributed by atoms with Crippen LogP contribution in [-0.2, 0) is 31.9 Å². The third-order valence-electron chi connectivity index (χ3n) is 11.3. The molecule has 0 spiro atoms. The van der Waals surface area contributed by atoms with Gasteiger partial charge in [-0.2, -0.15) is 0 Å². The lowest BCUT2D eigenvalue weighted by atomic mass is 9.86. The Kier molecular flexibility index (Phi) is 9.63. The van der Waals surface area contributed by atoms with Crippen molar-refractivity contribution in [1.29, 1.82) is 0 Å². The van der Waals surface area contributed by atoms with Gasteiger partial charge in [0.2, 0.25) is 0 Å². The molecule has 5 fully saturated rings. The molecule has 0 saturated carbocycles. The highest BCUT2D eigenvalue weighted by Gasteiger charge is 2.68. The van der Waals surface area contributed by atoms with Gasteiger partial charge in [0.25, 0.3) is 0 Å². The van der Waals surface area contributed by atoms with Crippen LogP contribution in [0.3, 0.4) is 0 Å². The average Bonchev–Trinajstić information content (AvgIpc) is 3.21. The first-order valence-corrected chi connectivity index (χ1v) is 20.8. The predicted octanol–water partition coefficient (Wildman–Crippen LogP) is 6.10. The van der Waals surface area contributed by atoms with Crippen LogP contribution in [0.4, 0.5) is 0 Å². The van der Waals surface area contributed by atoms with Crippen LogP contribution >= 0.6 is 0 Å². The van der Waals surface area contributed by atoms with Crippen LogP contribution in [0.2, 0.25) is 20.2 Å². The van der Waals surface area contributed by atoms with Crippen molar-refractivity contribution < 1.29 is 42.1 Å². The van der Waals surface area contributed by atoms with Gasteiger partial charge in [0.1, 0.15) is 12.2 Å². The van der Waals surface area contributed by atoms with E-state index < -0.39 is 34.6 Å². The van der Waals surface area contributed by atoms with E-state index in [2.05, 4.69) is 82.7 Å². The van der Waals surface area contributed by atoms with Gasteiger partial charge in [-0.25, -0.2) is 0 Å². The Morgan fingerprint density at radius 2 is 1.22 bits per heavy atom. The van der Waals surface area contributed by atoms with Crippen LogP contribution in [0, 0.1) is 11.8 Å². The molecule has 11 heteroatoms. The normalized spacial score (nSPS) is 43.2. The smallest absolute Gasteiger partial charge is 0.350 e. The van der Waals surface area contributed by atoms with Crippen LogP contribution < -0.4 is 0 Å². The number of aliphatic hydroxyl groups excluding tert-OH is 2. The lowest BCUT2D eigenvalue weighted by Crippen LogP contribution is -2.68. The second-order valence-electron chi connectivity index (χ2n) is 18.1. The summed E-state index contributed by atoms with van der Waals surface area (Å²) in [5.41, 5.74) is 0. The molecule has 2 N–H and O–H groups in total. The first-order valence-electron chi connectivity index (χ1n) is 17.2. The summed E-state index contributed by atoms with van der Waals surface area (Å²) in [4.78, 5) is 0. The molecule has 2 unspecified atom stereocenters. The Morgan fingerprint density at radius 1 is 0.711 bits per heavy atom. The lowest BCUT2D eigenvalue weighted by molar-refractivity contribution is -0.207. The summed E-state index contributed by atoms with van der Waals surface area (Å²) in [6, 6.07) is 0. The Hall–Kier alpha value is -0.186. The zero-order valence-electron chi connectivity index (χ0n) is 29.9. The van der Waals surface area contributed by atoms with E-state index in [1.807, 2.05) is 13.0 Å². The van der Waals surface area contributed by atoms with Crippen molar-refractivity contribution in [3.8, 4) is 0 Å². The van der Waals surface area contributed by atoms with Gasteiger partial charge < -0.3 is 42.1 Å². The SMILES string of the molecule is C=C[C@H](C)[C@@H]1O[C@@H]2CO[Si](C(C)(C)C)(C(C)(C)C[C@H]3C(O)O[C@H]4C[C@H]5O[Si](C(C)(C)C)(C(C)(C)C)OC[C@H]5O[C@H]43)O[C@@H]2C[C@@H]1O. The maximum Gasteiger partial charge on any atom is 0.350 e. The molecule has 0 aromatic heterocycles. The van der Waals surface area contributed by atoms with E-state index in [1.54, 1.807) is 0 Å². The fourth-order valence-electron chi connectivity index (χ4n) is 9.41. The van der Waals surface area contributed by atoms with Crippen LogP contribution in [0.15, 0.2) is 12.7 Å². The van der Waals surface area contributed by atoms with Crippen LogP contribution in [-0.4, -0.2) is 95.7 Å². The van der Waals surface area contributed by atoms with Gasteiger partial charge in [-0.05, 0) is 6.42 Å². The molecule has 5 aliphatic heterocycles. The van der Waals surface area contributed by atoms with Crippen LogP contribution in [0.1, 0.15) is 102 Å². The summed E-state index contributed by atoms with van der Waals surface area (Å²) in [6.45, 7) is 31.1. The fraction of sp³-hybridized carbons (Fsp3) is 0.941. The molecule has 5 aliphatic rings. The second kappa shape index (κ2) is 12.0. The molecule has 0 aromatic carbocycles. The maximum atomic E-state index is 11.4. The van der Waals surface area contributed by atoms with Crippen molar-refractivity contribution in [2.24, 2.45) is 11.8 Å². The van der Waals surface area contributed by atoms with E-state index in [1.165, 1.54) is 0 Å². The molecule has 260 valence electrons. The Bertz CT molecular complexity index is 1070. The minimum Gasteiger partial charge on any atom is -0.391 e. The summed E-state index contributed by atoms with van der Waals surface area (Å²) < 4.78 is 47.1. The number of hydrogen-bond donors (Lipinski definition) is 2. The van der Waals surface area contributed by atoms with Crippen LogP contribution in [0.25, 0.3) is 0 Å². The highest BCUT2D eigenvalue weighted by molar-refractivity contribution is 6.74. The monoisotopic (exact) mass is 670 g/mol. The van der Waals surface area contributed by atoms with Crippen molar-refractivity contribution >= 4 is 17.1 Å². The zero-order chi connectivity index (χ0) is 33.5. The predicted molar refractivity (Wildman–Crippen MR) is 177 cm³/mol. The van der Waals surface area contributed by atoms with E-state index in [4.69, 9.17) is 31.9 Å². The van der Waals surface area contributed by atoms with E-state index >= 15 is 0 Å². The first kappa shape index (κ1) is 36.1. The Balaban J connectivity index is 1.34. The number of aliphatic hydroxyl groups is 2. The molecular weight excluding hydrogens is 609 g/mol. The van der Waals surface area contributed by atoms with E-state index in [0.29, 0.717) is 32.5 Å². The quantitative estimate of drug-likeness (QED) is 0.265. The largest absolute Gasteiger partial charge is 0.391 e. The topological polar surface area (TPSA) is 105 Å². The summed E-state index contributed by atoms with van der Waals surface area (Å²) in [7, 11) is -5.69. The second-order valence-corrected chi connectivity index (χ2v) is 27.5. The third-order valence-corrected chi connectivity index (χ3v) is 21.6. The zero-order valence-corrected chi connectivity index (χ0v) is 31.9. The molecule has 5 heterocycles. The molecule has 0 radical (unpaired) electrons. The highest BCUT2D eigenvalue weighted by atomic mass is 28.4. The molecule has 0 bridgehead atoms. The van der Waals surface area contributed by atoms with Gasteiger partial charge >= 0.3 is 17.1 Å². The molecule has 5 rings (SSSR count). The number of fused-ring (bicyclic) bond motifs is 3. The van der Waals surface area contributed by atoms with Crippen molar-refractivity contribution in [2.45, 2.75) is 178 Å². The minimum atomic E-state index is -3.03. The third kappa shape index (κ3) is 6.02. The minimum absolute atomic E-state index is 0.0245. The molecule has 45 heavy (non-hydrogen) atoms. The van der Waals surface area contributed by atoms with E-state index in [9.17, 15) is 10.2 Å². The number of hydrogen-bond acceptors (Lipinski definition) is 9.